The van der Waals surface area contributed by atoms with Crippen molar-refractivity contribution in [1.82, 2.24) is 4.90 Å². The van der Waals surface area contributed by atoms with Crippen LogP contribution in [0.5, 0.6) is 11.5 Å². The minimum Gasteiger partial charge on any atom is -0.493 e. The van der Waals surface area contributed by atoms with Crippen LogP contribution in [0.1, 0.15) is 58.9 Å². The molecule has 2 amide bonds. The monoisotopic (exact) mass is 529 g/mol. The molecule has 34 heavy (non-hydrogen) atoms. The number of nitrogens with zero attached hydrogens (tertiary/aromatic N) is 1. The third-order valence-corrected chi connectivity index (χ3v) is 5.80. The summed E-state index contributed by atoms with van der Waals surface area (Å²) < 4.78 is 17.1. The second kappa shape index (κ2) is 12.4. The Morgan fingerprint density at radius 3 is 2.53 bits per heavy atom. The summed E-state index contributed by atoms with van der Waals surface area (Å²) in [4.78, 5) is 38.1. The second-order valence-electron chi connectivity index (χ2n) is 7.77. The average Bonchev–Trinajstić information content (AvgIpc) is 3.07. The molecule has 1 heterocycles. The Balaban J connectivity index is 1.45. The van der Waals surface area contributed by atoms with Crippen LogP contribution in [0.3, 0.4) is 0 Å². The largest absolute Gasteiger partial charge is 0.493 e. The second-order valence-corrected chi connectivity index (χ2v) is 8.69. The van der Waals surface area contributed by atoms with Crippen molar-refractivity contribution in [3.8, 4) is 11.5 Å². The van der Waals surface area contributed by atoms with Crippen LogP contribution in [-0.4, -0.2) is 49.6 Å². The number of amides is 2. The van der Waals surface area contributed by atoms with Gasteiger partial charge in [0.2, 0.25) is 0 Å². The standard InChI is InChI=1S/C26H28BrNO6/c1-3-4-5-14-33-22-11-7-18(16-23(22)32-2)8-12-24(29)34-15-6-13-28-25(30)20-10-9-19(27)17-21(20)26(28)31/h7-12,16-17H,3-6,13-15H2,1-2H3/b12-8+. The number of fused-ring (bicyclic) bond motifs is 1. The number of benzene rings is 2. The Labute approximate surface area is 207 Å². The predicted molar refractivity (Wildman–Crippen MR) is 132 cm³/mol. The van der Waals surface area contributed by atoms with Gasteiger partial charge in [-0.3, -0.25) is 14.5 Å². The van der Waals surface area contributed by atoms with Crippen molar-refractivity contribution in [2.45, 2.75) is 32.6 Å². The fraction of sp³-hybridized carbons (Fsp3) is 0.346. The first-order valence-corrected chi connectivity index (χ1v) is 12.0. The molecule has 0 bridgehead atoms. The Morgan fingerprint density at radius 2 is 1.76 bits per heavy atom. The zero-order valence-corrected chi connectivity index (χ0v) is 20.9. The molecule has 0 saturated heterocycles. The topological polar surface area (TPSA) is 82.1 Å². The summed E-state index contributed by atoms with van der Waals surface area (Å²) in [5.41, 5.74) is 1.54. The van der Waals surface area contributed by atoms with Gasteiger partial charge in [-0.25, -0.2) is 4.79 Å². The third-order valence-electron chi connectivity index (χ3n) is 5.31. The molecule has 2 aromatic carbocycles. The smallest absolute Gasteiger partial charge is 0.330 e. The summed E-state index contributed by atoms with van der Waals surface area (Å²) in [6, 6.07) is 10.4. The van der Waals surface area contributed by atoms with Crippen LogP contribution in [0.15, 0.2) is 46.9 Å². The molecule has 0 atom stereocenters. The van der Waals surface area contributed by atoms with Crippen molar-refractivity contribution in [1.29, 1.82) is 0 Å². The van der Waals surface area contributed by atoms with E-state index in [4.69, 9.17) is 14.2 Å². The van der Waals surface area contributed by atoms with Crippen LogP contribution in [-0.2, 0) is 9.53 Å². The molecule has 0 unspecified atom stereocenters. The minimum absolute atomic E-state index is 0.0914. The summed E-state index contributed by atoms with van der Waals surface area (Å²) in [5.74, 6) is 0.0914. The highest BCUT2D eigenvalue weighted by atomic mass is 79.9. The van der Waals surface area contributed by atoms with Crippen LogP contribution >= 0.6 is 15.9 Å². The van der Waals surface area contributed by atoms with Crippen LogP contribution in [0.4, 0.5) is 0 Å². The number of halogens is 1. The number of hydrogen-bond donors (Lipinski definition) is 0. The number of unbranched alkanes of at least 4 members (excludes halogenated alkanes) is 2. The lowest BCUT2D eigenvalue weighted by atomic mass is 10.1. The molecule has 2 aromatic rings. The Hall–Kier alpha value is -3.13. The van der Waals surface area contributed by atoms with Gasteiger partial charge in [-0.05, 0) is 54.8 Å². The van der Waals surface area contributed by atoms with Gasteiger partial charge in [0.05, 0.1) is 31.5 Å². The number of carbonyl (C=O) groups is 3. The molecule has 1 aliphatic rings. The van der Waals surface area contributed by atoms with E-state index >= 15 is 0 Å². The number of carbonyl (C=O) groups excluding carboxylic acids is 3. The van der Waals surface area contributed by atoms with Crippen molar-refractivity contribution in [3.05, 3.63) is 63.6 Å². The fourth-order valence-electron chi connectivity index (χ4n) is 3.52. The minimum atomic E-state index is -0.509. The maximum atomic E-state index is 12.5. The Bertz CT molecular complexity index is 1080. The number of rotatable bonds is 12. The van der Waals surface area contributed by atoms with Gasteiger partial charge < -0.3 is 14.2 Å². The van der Waals surface area contributed by atoms with Crippen molar-refractivity contribution in [3.63, 3.8) is 0 Å². The van der Waals surface area contributed by atoms with Gasteiger partial charge in [0.1, 0.15) is 0 Å². The third kappa shape index (κ3) is 6.47. The molecule has 0 aliphatic carbocycles. The Morgan fingerprint density at radius 1 is 0.971 bits per heavy atom. The Kier molecular flexibility index (Phi) is 9.27. The summed E-state index contributed by atoms with van der Waals surface area (Å²) in [6.07, 6.45) is 6.54. The van der Waals surface area contributed by atoms with Gasteiger partial charge in [0.25, 0.3) is 11.8 Å². The maximum absolute atomic E-state index is 12.5. The van der Waals surface area contributed by atoms with Crippen LogP contribution < -0.4 is 9.47 Å². The van der Waals surface area contributed by atoms with E-state index in [0.29, 0.717) is 35.7 Å². The molecule has 3 rings (SSSR count). The SMILES string of the molecule is CCCCCOc1ccc(/C=C/C(=O)OCCCN2C(=O)c3ccc(Br)cc3C2=O)cc1OC. The number of imide groups is 1. The van der Waals surface area contributed by atoms with E-state index in [-0.39, 0.29) is 25.0 Å². The van der Waals surface area contributed by atoms with Crippen LogP contribution in [0.2, 0.25) is 0 Å². The van der Waals surface area contributed by atoms with Crippen molar-refractivity contribution >= 4 is 39.8 Å². The summed E-state index contributed by atoms with van der Waals surface area (Å²) in [5, 5.41) is 0. The fourth-order valence-corrected chi connectivity index (χ4v) is 3.88. The highest BCUT2D eigenvalue weighted by Crippen LogP contribution is 2.29. The number of esters is 1. The van der Waals surface area contributed by atoms with E-state index in [9.17, 15) is 14.4 Å². The first-order chi connectivity index (χ1) is 16.4. The van der Waals surface area contributed by atoms with Crippen molar-refractivity contribution in [2.24, 2.45) is 0 Å². The van der Waals surface area contributed by atoms with Crippen molar-refractivity contribution in [2.75, 3.05) is 26.9 Å². The van der Waals surface area contributed by atoms with Crippen LogP contribution in [0.25, 0.3) is 6.08 Å². The van der Waals surface area contributed by atoms with Crippen molar-refractivity contribution < 1.29 is 28.6 Å². The molecule has 8 heteroatoms. The van der Waals surface area contributed by atoms with E-state index in [0.717, 1.165) is 29.3 Å². The number of ether oxygens (including phenoxy) is 3. The van der Waals surface area contributed by atoms with E-state index in [1.807, 2.05) is 12.1 Å². The molecular weight excluding hydrogens is 502 g/mol. The first-order valence-electron chi connectivity index (χ1n) is 11.3. The molecule has 0 fully saturated rings. The van der Waals surface area contributed by atoms with Gasteiger partial charge >= 0.3 is 5.97 Å². The quantitative estimate of drug-likeness (QED) is 0.161. The summed E-state index contributed by atoms with van der Waals surface area (Å²) in [6.45, 7) is 3.04. The van der Waals surface area contributed by atoms with E-state index in [2.05, 4.69) is 22.9 Å². The average molecular weight is 530 g/mol. The maximum Gasteiger partial charge on any atom is 0.330 e. The van der Waals surface area contributed by atoms with E-state index in [1.165, 1.54) is 11.0 Å². The van der Waals surface area contributed by atoms with Gasteiger partial charge in [0.15, 0.2) is 11.5 Å². The predicted octanol–water partition coefficient (Wildman–Crippen LogP) is 5.27. The highest BCUT2D eigenvalue weighted by molar-refractivity contribution is 9.10. The first kappa shape index (κ1) is 25.5. The molecule has 1 aliphatic heterocycles. The molecule has 0 radical (unpaired) electrons. The van der Waals surface area contributed by atoms with Crippen LogP contribution in [0, 0.1) is 0 Å². The van der Waals surface area contributed by atoms with Gasteiger partial charge in [-0.2, -0.15) is 0 Å². The van der Waals surface area contributed by atoms with E-state index in [1.54, 1.807) is 37.5 Å². The molecule has 0 aromatic heterocycles. The molecule has 7 nitrogen and oxygen atoms in total. The lowest BCUT2D eigenvalue weighted by Gasteiger charge is -2.13. The number of methoxy groups -OCH3 is 1. The zero-order valence-electron chi connectivity index (χ0n) is 19.3. The zero-order chi connectivity index (χ0) is 24.5. The number of hydrogen-bond acceptors (Lipinski definition) is 6. The lowest BCUT2D eigenvalue weighted by Crippen LogP contribution is -2.31. The molecule has 0 N–H and O–H groups in total. The molecule has 0 spiro atoms. The summed E-state index contributed by atoms with van der Waals surface area (Å²) >= 11 is 3.31. The summed E-state index contributed by atoms with van der Waals surface area (Å²) in [7, 11) is 1.57. The lowest BCUT2D eigenvalue weighted by molar-refractivity contribution is -0.137. The van der Waals surface area contributed by atoms with Gasteiger partial charge in [-0.1, -0.05) is 41.8 Å². The normalized spacial score (nSPS) is 12.9. The molecule has 0 saturated carbocycles. The van der Waals surface area contributed by atoms with Gasteiger partial charge in [-0.15, -0.1) is 0 Å². The van der Waals surface area contributed by atoms with E-state index < -0.39 is 5.97 Å². The van der Waals surface area contributed by atoms with Gasteiger partial charge in [0, 0.05) is 17.1 Å². The molecular formula is C26H28BrNO6. The molecule has 180 valence electrons. The highest BCUT2D eigenvalue weighted by Gasteiger charge is 2.35.